The lowest BCUT2D eigenvalue weighted by atomic mass is 10.0. The van der Waals surface area contributed by atoms with Gasteiger partial charge >= 0.3 is 0 Å². The summed E-state index contributed by atoms with van der Waals surface area (Å²) >= 11 is 0. The van der Waals surface area contributed by atoms with Gasteiger partial charge in [-0.2, -0.15) is 5.10 Å². The highest BCUT2D eigenvalue weighted by Gasteiger charge is 2.23. The Bertz CT molecular complexity index is 657. The average molecular weight is 284 g/mol. The van der Waals surface area contributed by atoms with Gasteiger partial charge in [0.15, 0.2) is 0 Å². The summed E-state index contributed by atoms with van der Waals surface area (Å²) in [7, 11) is 4.05. The number of benzene rings is 1. The quantitative estimate of drug-likeness (QED) is 0.918. The van der Waals surface area contributed by atoms with Crippen molar-refractivity contribution >= 4 is 11.6 Å². The van der Waals surface area contributed by atoms with Gasteiger partial charge in [-0.3, -0.25) is 9.89 Å². The predicted molar refractivity (Wildman–Crippen MR) is 83.1 cm³/mol. The molecule has 2 aromatic rings. The van der Waals surface area contributed by atoms with Crippen LogP contribution < -0.4 is 4.90 Å². The van der Waals surface area contributed by atoms with E-state index in [1.165, 1.54) is 0 Å². The molecule has 21 heavy (non-hydrogen) atoms. The van der Waals surface area contributed by atoms with Gasteiger partial charge < -0.3 is 9.80 Å². The number of carbonyl (C=O) groups is 1. The Balaban J connectivity index is 1.94. The molecule has 0 unspecified atom stereocenters. The second-order valence-electron chi connectivity index (χ2n) is 5.66. The molecule has 1 aliphatic heterocycles. The normalized spacial score (nSPS) is 14.0. The lowest BCUT2D eigenvalue weighted by Crippen LogP contribution is -2.34. The van der Waals surface area contributed by atoms with Crippen LogP contribution in [0.3, 0.4) is 0 Å². The summed E-state index contributed by atoms with van der Waals surface area (Å²) in [6.45, 7) is 3.03. The van der Waals surface area contributed by atoms with E-state index < -0.39 is 0 Å². The van der Waals surface area contributed by atoms with E-state index in [1.807, 2.05) is 19.0 Å². The van der Waals surface area contributed by atoms with Gasteiger partial charge in [-0.05, 0) is 12.1 Å². The number of rotatable bonds is 2. The summed E-state index contributed by atoms with van der Waals surface area (Å²) in [6, 6.07) is 8.33. The minimum absolute atomic E-state index is 0.121. The number of carbonyl (C=O) groups excluding carboxylic acids is 1. The maximum Gasteiger partial charge on any atom is 0.219 e. The second kappa shape index (κ2) is 5.24. The van der Waals surface area contributed by atoms with Crippen LogP contribution in [-0.2, 0) is 17.8 Å². The Morgan fingerprint density at radius 3 is 2.62 bits per heavy atom. The largest absolute Gasteiger partial charge is 0.378 e. The lowest BCUT2D eigenvalue weighted by Gasteiger charge is -2.26. The zero-order valence-corrected chi connectivity index (χ0v) is 12.7. The van der Waals surface area contributed by atoms with Crippen molar-refractivity contribution in [1.29, 1.82) is 0 Å². The molecule has 1 N–H and O–H groups in total. The average Bonchev–Trinajstić information content (AvgIpc) is 2.90. The predicted octanol–water partition coefficient (Wildman–Crippen LogP) is 2.05. The first-order valence-corrected chi connectivity index (χ1v) is 7.15. The summed E-state index contributed by atoms with van der Waals surface area (Å²) < 4.78 is 0. The third-order valence-corrected chi connectivity index (χ3v) is 4.04. The van der Waals surface area contributed by atoms with Crippen molar-refractivity contribution in [2.45, 2.75) is 19.9 Å². The third kappa shape index (κ3) is 2.51. The van der Waals surface area contributed by atoms with Crippen molar-refractivity contribution < 1.29 is 4.79 Å². The number of amides is 1. The standard InChI is InChI=1S/C16H20N4O/c1-11(21)20-9-8-15-14(10-20)16(18-17-15)12-4-6-13(7-5-12)19(2)3/h4-7H,8-10H2,1-3H3,(H,17,18). The highest BCUT2D eigenvalue weighted by Crippen LogP contribution is 2.29. The fraction of sp³-hybridized carbons (Fsp3) is 0.375. The van der Waals surface area contributed by atoms with Crippen LogP contribution in [0, 0.1) is 0 Å². The number of nitrogens with zero attached hydrogens (tertiary/aromatic N) is 3. The van der Waals surface area contributed by atoms with Crippen molar-refractivity contribution in [2.75, 3.05) is 25.5 Å². The first kappa shape index (κ1) is 13.7. The van der Waals surface area contributed by atoms with Crippen molar-refractivity contribution in [3.05, 3.63) is 35.5 Å². The number of aromatic amines is 1. The number of hydrogen-bond donors (Lipinski definition) is 1. The minimum Gasteiger partial charge on any atom is -0.378 e. The molecule has 0 bridgehead atoms. The number of fused-ring (bicyclic) bond motifs is 1. The van der Waals surface area contributed by atoms with Crippen molar-refractivity contribution in [3.8, 4) is 11.3 Å². The Hall–Kier alpha value is -2.30. The van der Waals surface area contributed by atoms with E-state index in [2.05, 4.69) is 39.4 Å². The summed E-state index contributed by atoms with van der Waals surface area (Å²) in [5, 5.41) is 7.58. The monoisotopic (exact) mass is 284 g/mol. The molecule has 0 fully saturated rings. The molecule has 0 aliphatic carbocycles. The van der Waals surface area contributed by atoms with Gasteiger partial charge in [-0.1, -0.05) is 12.1 Å². The summed E-state index contributed by atoms with van der Waals surface area (Å²) in [5.74, 6) is 0.121. The van der Waals surface area contributed by atoms with Gasteiger partial charge in [0.25, 0.3) is 0 Å². The highest BCUT2D eigenvalue weighted by molar-refractivity contribution is 5.74. The van der Waals surface area contributed by atoms with E-state index >= 15 is 0 Å². The maximum absolute atomic E-state index is 11.6. The van der Waals surface area contributed by atoms with Crippen LogP contribution in [-0.4, -0.2) is 41.6 Å². The molecule has 0 atom stereocenters. The Labute approximate surface area is 124 Å². The number of aromatic nitrogens is 2. The third-order valence-electron chi connectivity index (χ3n) is 4.04. The molecule has 1 aromatic carbocycles. The molecule has 2 heterocycles. The molecular formula is C16H20N4O. The molecule has 3 rings (SSSR count). The lowest BCUT2D eigenvalue weighted by molar-refractivity contribution is -0.129. The fourth-order valence-electron chi connectivity index (χ4n) is 2.72. The fourth-order valence-corrected chi connectivity index (χ4v) is 2.72. The zero-order valence-electron chi connectivity index (χ0n) is 12.7. The Kier molecular flexibility index (Phi) is 3.41. The van der Waals surface area contributed by atoms with Gasteiger partial charge in [0.05, 0.1) is 5.69 Å². The molecule has 5 nitrogen and oxygen atoms in total. The van der Waals surface area contributed by atoms with Crippen LogP contribution in [0.25, 0.3) is 11.3 Å². The van der Waals surface area contributed by atoms with Crippen LogP contribution >= 0.6 is 0 Å². The number of hydrogen-bond acceptors (Lipinski definition) is 3. The topological polar surface area (TPSA) is 52.2 Å². The molecule has 110 valence electrons. The van der Waals surface area contributed by atoms with Crippen molar-refractivity contribution in [1.82, 2.24) is 15.1 Å². The van der Waals surface area contributed by atoms with Crippen LogP contribution in [0.4, 0.5) is 5.69 Å². The van der Waals surface area contributed by atoms with Crippen LogP contribution in [0.5, 0.6) is 0 Å². The van der Waals surface area contributed by atoms with Crippen molar-refractivity contribution in [2.24, 2.45) is 0 Å². The summed E-state index contributed by atoms with van der Waals surface area (Å²) in [6.07, 6.45) is 0.845. The minimum atomic E-state index is 0.121. The first-order valence-electron chi connectivity index (χ1n) is 7.15. The molecule has 0 saturated carbocycles. The van der Waals surface area contributed by atoms with E-state index in [0.29, 0.717) is 6.54 Å². The number of H-pyrrole nitrogens is 1. The van der Waals surface area contributed by atoms with Gasteiger partial charge in [0, 0.05) is 63.0 Å². The first-order chi connectivity index (χ1) is 10.1. The molecule has 1 amide bonds. The van der Waals surface area contributed by atoms with Gasteiger partial charge in [-0.25, -0.2) is 0 Å². The highest BCUT2D eigenvalue weighted by atomic mass is 16.2. The summed E-state index contributed by atoms with van der Waals surface area (Å²) in [4.78, 5) is 15.5. The van der Waals surface area contributed by atoms with Gasteiger partial charge in [0.2, 0.25) is 5.91 Å². The van der Waals surface area contributed by atoms with E-state index in [0.717, 1.165) is 41.2 Å². The van der Waals surface area contributed by atoms with E-state index in [-0.39, 0.29) is 5.91 Å². The molecule has 1 aromatic heterocycles. The van der Waals surface area contributed by atoms with Crippen LogP contribution in [0.1, 0.15) is 18.2 Å². The Morgan fingerprint density at radius 1 is 1.29 bits per heavy atom. The smallest absolute Gasteiger partial charge is 0.219 e. The van der Waals surface area contributed by atoms with Gasteiger partial charge in [-0.15, -0.1) is 0 Å². The molecular weight excluding hydrogens is 264 g/mol. The molecule has 5 heteroatoms. The zero-order chi connectivity index (χ0) is 15.0. The molecule has 1 aliphatic rings. The maximum atomic E-state index is 11.6. The molecule has 0 saturated heterocycles. The SMILES string of the molecule is CC(=O)N1CCc2[nH]nc(-c3ccc(N(C)C)cc3)c2C1. The Morgan fingerprint density at radius 2 is 2.00 bits per heavy atom. The number of anilines is 1. The second-order valence-corrected chi connectivity index (χ2v) is 5.66. The van der Waals surface area contributed by atoms with Crippen LogP contribution in [0.2, 0.25) is 0 Å². The molecule has 0 spiro atoms. The van der Waals surface area contributed by atoms with E-state index in [9.17, 15) is 4.79 Å². The van der Waals surface area contributed by atoms with E-state index in [1.54, 1.807) is 6.92 Å². The van der Waals surface area contributed by atoms with Crippen molar-refractivity contribution in [3.63, 3.8) is 0 Å². The van der Waals surface area contributed by atoms with E-state index in [4.69, 9.17) is 0 Å². The number of nitrogens with one attached hydrogen (secondary N) is 1. The van der Waals surface area contributed by atoms with Gasteiger partial charge in [0.1, 0.15) is 0 Å². The van der Waals surface area contributed by atoms with Crippen LogP contribution in [0.15, 0.2) is 24.3 Å². The summed E-state index contributed by atoms with van der Waals surface area (Å²) in [5.41, 5.74) is 5.51. The molecule has 0 radical (unpaired) electrons.